The van der Waals surface area contributed by atoms with Gasteiger partial charge in [-0.05, 0) is 48.0 Å². The summed E-state index contributed by atoms with van der Waals surface area (Å²) < 4.78 is 43.9. The molecule has 1 N–H and O–H groups in total. The van der Waals surface area contributed by atoms with Gasteiger partial charge in [-0.25, -0.2) is 13.1 Å². The average molecular weight is 517 g/mol. The van der Waals surface area contributed by atoms with Gasteiger partial charge in [-0.15, -0.1) is 0 Å². The third kappa shape index (κ3) is 7.37. The first-order chi connectivity index (χ1) is 15.8. The fourth-order valence-electron chi connectivity index (χ4n) is 3.82. The van der Waals surface area contributed by atoms with Crippen LogP contribution in [-0.4, -0.2) is 73.6 Å². The Morgan fingerprint density at radius 2 is 1.79 bits per heavy atom. The predicted molar refractivity (Wildman–Crippen MR) is 130 cm³/mol. The minimum absolute atomic E-state index is 0.0356. The van der Waals surface area contributed by atoms with E-state index in [0.29, 0.717) is 36.5 Å². The number of fused-ring (bicyclic) bond motifs is 1. The van der Waals surface area contributed by atoms with Crippen molar-refractivity contribution >= 4 is 33.2 Å². The number of likely N-dealkylation sites (N-methyl/N-ethyl adjacent to an activating group) is 1. The number of sulfonamides is 1. The third-order valence-electron chi connectivity index (χ3n) is 5.41. The molecule has 7 nitrogen and oxygen atoms in total. The van der Waals surface area contributed by atoms with Crippen LogP contribution in [0.1, 0.15) is 22.6 Å². The fraction of sp³-hybridized carbons (Fsp3) is 0.478. The van der Waals surface area contributed by atoms with Crippen molar-refractivity contribution in [3.63, 3.8) is 0 Å². The number of nitrogens with zero attached hydrogens (tertiary/aromatic N) is 1. The number of benzene rings is 2. The number of hydrogen-bond acceptors (Lipinski definition) is 6. The lowest BCUT2D eigenvalue weighted by Gasteiger charge is -2.33. The molecule has 1 atom stereocenters. The second-order valence-electron chi connectivity index (χ2n) is 7.89. The van der Waals surface area contributed by atoms with Gasteiger partial charge in [0.25, 0.3) is 0 Å². The van der Waals surface area contributed by atoms with Crippen LogP contribution in [-0.2, 0) is 30.8 Å². The molecule has 1 aliphatic heterocycles. The molecule has 0 unspecified atom stereocenters. The van der Waals surface area contributed by atoms with Crippen molar-refractivity contribution in [2.75, 3.05) is 60.3 Å². The molecular formula is C23H30Cl2N2O5S. The molecule has 0 bridgehead atoms. The monoisotopic (exact) mass is 516 g/mol. The molecule has 33 heavy (non-hydrogen) atoms. The molecule has 0 aromatic heterocycles. The minimum Gasteiger partial charge on any atom is -0.382 e. The van der Waals surface area contributed by atoms with E-state index in [0.717, 1.165) is 29.8 Å². The zero-order valence-electron chi connectivity index (χ0n) is 18.9. The zero-order chi connectivity index (χ0) is 23.8. The van der Waals surface area contributed by atoms with Crippen LogP contribution in [0.25, 0.3) is 0 Å². The lowest BCUT2D eigenvalue weighted by molar-refractivity contribution is 0.0262. The van der Waals surface area contributed by atoms with Crippen molar-refractivity contribution in [2.24, 2.45) is 0 Å². The summed E-state index contributed by atoms with van der Waals surface area (Å²) >= 11 is 12.7. The predicted octanol–water partition coefficient (Wildman–Crippen LogP) is 3.53. The second kappa shape index (κ2) is 12.5. The van der Waals surface area contributed by atoms with Crippen molar-refractivity contribution in [3.05, 3.63) is 63.1 Å². The molecule has 0 spiro atoms. The molecule has 0 saturated heterocycles. The maximum atomic E-state index is 12.8. The van der Waals surface area contributed by atoms with Crippen LogP contribution in [0.5, 0.6) is 0 Å². The molecule has 2 aromatic carbocycles. The molecule has 182 valence electrons. The van der Waals surface area contributed by atoms with E-state index < -0.39 is 10.0 Å². The van der Waals surface area contributed by atoms with Gasteiger partial charge in [-0.2, -0.15) is 0 Å². The normalized spacial score (nSPS) is 16.7. The van der Waals surface area contributed by atoms with Crippen LogP contribution >= 0.6 is 23.2 Å². The molecule has 10 heteroatoms. The van der Waals surface area contributed by atoms with E-state index in [1.165, 1.54) is 0 Å². The number of halogens is 2. The van der Waals surface area contributed by atoms with Gasteiger partial charge in [0, 0.05) is 42.7 Å². The summed E-state index contributed by atoms with van der Waals surface area (Å²) in [5.74, 6) is -0.0356. The Kier molecular flexibility index (Phi) is 9.96. The number of nitrogens with one attached hydrogen (secondary N) is 1. The minimum atomic E-state index is -3.68. The Bertz CT molecular complexity index is 1040. The molecule has 0 aliphatic carbocycles. The topological polar surface area (TPSA) is 77.1 Å². The molecule has 0 saturated carbocycles. The molecular weight excluding hydrogens is 487 g/mol. The quantitative estimate of drug-likeness (QED) is 0.435. The van der Waals surface area contributed by atoms with Gasteiger partial charge < -0.3 is 19.1 Å². The third-order valence-corrected chi connectivity index (χ3v) is 7.42. The van der Waals surface area contributed by atoms with Gasteiger partial charge in [-0.1, -0.05) is 35.3 Å². The van der Waals surface area contributed by atoms with Crippen LogP contribution in [0.15, 0.2) is 41.3 Å². The Morgan fingerprint density at radius 3 is 2.55 bits per heavy atom. The summed E-state index contributed by atoms with van der Waals surface area (Å²) in [4.78, 5) is 2.38. The van der Waals surface area contributed by atoms with Gasteiger partial charge in [0.1, 0.15) is 0 Å². The van der Waals surface area contributed by atoms with Crippen LogP contribution in [0.3, 0.4) is 0 Å². The summed E-state index contributed by atoms with van der Waals surface area (Å²) in [5, 5.41) is 1.20. The van der Waals surface area contributed by atoms with Gasteiger partial charge in [-0.3, -0.25) is 0 Å². The van der Waals surface area contributed by atoms with E-state index in [-0.39, 0.29) is 24.0 Å². The summed E-state index contributed by atoms with van der Waals surface area (Å²) in [7, 11) is -0.0469. The largest absolute Gasteiger partial charge is 0.382 e. The number of hydrogen-bond donors (Lipinski definition) is 1. The highest BCUT2D eigenvalue weighted by Gasteiger charge is 2.28. The van der Waals surface area contributed by atoms with Gasteiger partial charge in [0.05, 0.1) is 37.9 Å². The lowest BCUT2D eigenvalue weighted by atomic mass is 9.85. The van der Waals surface area contributed by atoms with Gasteiger partial charge >= 0.3 is 0 Å². The molecule has 1 heterocycles. The van der Waals surface area contributed by atoms with Crippen LogP contribution in [0.2, 0.25) is 10.0 Å². The Hall–Kier alpha value is -1.23. The van der Waals surface area contributed by atoms with Crippen molar-refractivity contribution in [2.45, 2.75) is 17.4 Å². The summed E-state index contributed by atoms with van der Waals surface area (Å²) in [6.45, 7) is 3.74. The smallest absolute Gasteiger partial charge is 0.240 e. The van der Waals surface area contributed by atoms with Crippen molar-refractivity contribution in [3.8, 4) is 0 Å². The van der Waals surface area contributed by atoms with Crippen LogP contribution in [0, 0.1) is 0 Å². The first-order valence-electron chi connectivity index (χ1n) is 10.7. The maximum absolute atomic E-state index is 12.8. The fourth-order valence-corrected chi connectivity index (χ4v) is 5.46. The van der Waals surface area contributed by atoms with E-state index in [4.69, 9.17) is 37.4 Å². The van der Waals surface area contributed by atoms with E-state index in [1.807, 2.05) is 19.2 Å². The lowest BCUT2D eigenvalue weighted by Crippen LogP contribution is -2.31. The molecule has 0 amide bonds. The van der Waals surface area contributed by atoms with Crippen molar-refractivity contribution < 1.29 is 22.6 Å². The van der Waals surface area contributed by atoms with Crippen LogP contribution in [0.4, 0.5) is 0 Å². The second-order valence-corrected chi connectivity index (χ2v) is 10.5. The Balaban J connectivity index is 1.64. The van der Waals surface area contributed by atoms with Gasteiger partial charge in [0.15, 0.2) is 0 Å². The van der Waals surface area contributed by atoms with E-state index in [1.54, 1.807) is 31.4 Å². The first-order valence-corrected chi connectivity index (χ1v) is 13.0. The van der Waals surface area contributed by atoms with E-state index >= 15 is 0 Å². The van der Waals surface area contributed by atoms with E-state index in [2.05, 4.69) is 9.62 Å². The highest BCUT2D eigenvalue weighted by molar-refractivity contribution is 7.89. The average Bonchev–Trinajstić information content (AvgIpc) is 2.78. The first kappa shape index (κ1) is 26.4. The highest BCUT2D eigenvalue weighted by atomic mass is 35.5. The van der Waals surface area contributed by atoms with Crippen molar-refractivity contribution in [1.29, 1.82) is 0 Å². The zero-order valence-corrected chi connectivity index (χ0v) is 21.2. The SMILES string of the molecule is COCCOCCOCCNS(=O)(=O)c1cccc([C@@H]2CN(C)Cc3c(Cl)cc(Cl)cc32)c1. The molecule has 3 rings (SSSR count). The maximum Gasteiger partial charge on any atom is 0.240 e. The van der Waals surface area contributed by atoms with Crippen LogP contribution < -0.4 is 4.72 Å². The molecule has 1 aliphatic rings. The number of ether oxygens (including phenoxy) is 3. The van der Waals surface area contributed by atoms with Gasteiger partial charge in [0.2, 0.25) is 10.0 Å². The summed E-state index contributed by atoms with van der Waals surface area (Å²) in [6.07, 6.45) is 0. The Labute approximate surface area is 206 Å². The summed E-state index contributed by atoms with van der Waals surface area (Å²) in [5.41, 5.74) is 2.96. The summed E-state index contributed by atoms with van der Waals surface area (Å²) in [6, 6.07) is 10.7. The molecule has 0 fully saturated rings. The highest BCUT2D eigenvalue weighted by Crippen LogP contribution is 2.38. The molecule has 0 radical (unpaired) electrons. The number of rotatable bonds is 12. The van der Waals surface area contributed by atoms with Crippen molar-refractivity contribution in [1.82, 2.24) is 9.62 Å². The number of methoxy groups -OCH3 is 1. The molecule has 2 aromatic rings. The standard InChI is InChI=1S/C23H30Cl2N2O5S/c1-27-15-21(20-13-18(24)14-23(25)22(20)16-27)17-4-3-5-19(12-17)33(28,29)26-6-7-31-10-11-32-9-8-30-2/h3-5,12-14,21,26H,6-11,15-16H2,1-2H3/t21-/m0/s1. The van der Waals surface area contributed by atoms with E-state index in [9.17, 15) is 8.42 Å². The Morgan fingerprint density at radius 1 is 1.06 bits per heavy atom.